The number of carbonyl (C=O) groups excluding carboxylic acids is 1. The van der Waals surface area contributed by atoms with Crippen LogP contribution >= 0.6 is 11.8 Å². The topological polar surface area (TPSA) is 58.6 Å². The summed E-state index contributed by atoms with van der Waals surface area (Å²) in [5.74, 6) is 2.65. The van der Waals surface area contributed by atoms with Crippen molar-refractivity contribution in [3.63, 3.8) is 0 Å². The summed E-state index contributed by atoms with van der Waals surface area (Å²) in [6.45, 7) is 3.12. The minimum atomic E-state index is 0.281. The smallest absolute Gasteiger partial charge is 0.232 e. The van der Waals surface area contributed by atoms with E-state index in [0.29, 0.717) is 11.0 Å². The number of hydrogen-bond acceptors (Lipinski definition) is 6. The Hall–Kier alpha value is -2.28. The fourth-order valence-electron chi connectivity index (χ4n) is 3.96. The predicted octanol–water partition coefficient (Wildman–Crippen LogP) is 3.48. The molecular formula is C22H28N4O2S. The molecule has 29 heavy (non-hydrogen) atoms. The summed E-state index contributed by atoms with van der Waals surface area (Å²) in [4.78, 5) is 25.7. The van der Waals surface area contributed by atoms with Gasteiger partial charge in [0.15, 0.2) is 0 Å². The highest BCUT2D eigenvalue weighted by Gasteiger charge is 2.24. The van der Waals surface area contributed by atoms with Gasteiger partial charge in [-0.1, -0.05) is 12.8 Å². The lowest BCUT2D eigenvalue weighted by molar-refractivity contribution is -0.128. The second kappa shape index (κ2) is 9.48. The molecule has 7 heteroatoms. The molecule has 1 aliphatic carbocycles. The molecule has 2 aromatic rings. The van der Waals surface area contributed by atoms with E-state index >= 15 is 0 Å². The monoisotopic (exact) mass is 412 g/mol. The Morgan fingerprint density at radius 2 is 1.83 bits per heavy atom. The van der Waals surface area contributed by atoms with Crippen LogP contribution in [0.5, 0.6) is 5.75 Å². The molecule has 6 nitrogen and oxygen atoms in total. The third-order valence-electron chi connectivity index (χ3n) is 5.74. The van der Waals surface area contributed by atoms with E-state index in [0.717, 1.165) is 49.0 Å². The number of ether oxygens (including phenoxy) is 1. The van der Waals surface area contributed by atoms with Crippen LogP contribution < -0.4 is 9.64 Å². The Morgan fingerprint density at radius 1 is 1.10 bits per heavy atom. The number of carbonyl (C=O) groups is 1. The number of anilines is 1. The number of nitrogens with zero attached hydrogens (tertiary/aromatic N) is 4. The van der Waals surface area contributed by atoms with E-state index in [4.69, 9.17) is 4.74 Å². The second-order valence-electron chi connectivity index (χ2n) is 7.58. The van der Waals surface area contributed by atoms with Crippen molar-refractivity contribution in [2.24, 2.45) is 0 Å². The van der Waals surface area contributed by atoms with E-state index in [9.17, 15) is 4.79 Å². The highest BCUT2D eigenvalue weighted by Crippen LogP contribution is 2.29. The average molecular weight is 413 g/mol. The van der Waals surface area contributed by atoms with E-state index in [-0.39, 0.29) is 5.91 Å². The molecule has 1 aromatic carbocycles. The maximum atomic E-state index is 12.5. The lowest BCUT2D eigenvalue weighted by Gasteiger charge is -2.35. The van der Waals surface area contributed by atoms with Gasteiger partial charge >= 0.3 is 0 Å². The van der Waals surface area contributed by atoms with E-state index in [2.05, 4.69) is 14.9 Å². The summed E-state index contributed by atoms with van der Waals surface area (Å²) in [5, 5.41) is 0.692. The Morgan fingerprint density at radius 3 is 2.52 bits per heavy atom. The Kier molecular flexibility index (Phi) is 6.54. The lowest BCUT2D eigenvalue weighted by Crippen LogP contribution is -2.49. The SMILES string of the molecule is COc1ccc(-c2cc(N3CCN(C(=O)CSC4CCCC4)CC3)ncn2)cc1. The molecule has 0 radical (unpaired) electrons. The zero-order chi connectivity index (χ0) is 20.1. The number of methoxy groups -OCH3 is 1. The molecule has 1 saturated carbocycles. The van der Waals surface area contributed by atoms with Gasteiger partial charge in [0.1, 0.15) is 17.9 Å². The van der Waals surface area contributed by atoms with Crippen LogP contribution in [0.15, 0.2) is 36.7 Å². The fraction of sp³-hybridized carbons (Fsp3) is 0.500. The molecule has 1 aliphatic heterocycles. The van der Waals surface area contributed by atoms with Crippen LogP contribution in [0.4, 0.5) is 5.82 Å². The number of piperazine rings is 1. The van der Waals surface area contributed by atoms with E-state index < -0.39 is 0 Å². The van der Waals surface area contributed by atoms with Crippen LogP contribution in [0.2, 0.25) is 0 Å². The average Bonchev–Trinajstić information content (AvgIpc) is 3.31. The number of hydrogen-bond donors (Lipinski definition) is 0. The zero-order valence-corrected chi connectivity index (χ0v) is 17.7. The maximum absolute atomic E-state index is 12.5. The Labute approximate surface area is 176 Å². The maximum Gasteiger partial charge on any atom is 0.232 e. The standard InChI is InChI=1S/C22H28N4O2S/c1-28-18-8-6-17(7-9-18)20-14-21(24-16-23-20)25-10-12-26(13-11-25)22(27)15-29-19-4-2-3-5-19/h6-9,14,16,19H,2-5,10-13,15H2,1H3. The summed E-state index contributed by atoms with van der Waals surface area (Å²) in [6, 6.07) is 9.90. The molecule has 2 heterocycles. The highest BCUT2D eigenvalue weighted by molar-refractivity contribution is 8.00. The van der Waals surface area contributed by atoms with E-state index in [1.54, 1.807) is 13.4 Å². The number of benzene rings is 1. The van der Waals surface area contributed by atoms with Crippen molar-refractivity contribution in [2.75, 3.05) is 43.9 Å². The van der Waals surface area contributed by atoms with Crippen molar-refractivity contribution in [3.05, 3.63) is 36.7 Å². The van der Waals surface area contributed by atoms with Crippen LogP contribution in [0.3, 0.4) is 0 Å². The summed E-state index contributed by atoms with van der Waals surface area (Å²) < 4.78 is 5.22. The van der Waals surface area contributed by atoms with Crippen LogP contribution in [-0.4, -0.2) is 65.1 Å². The largest absolute Gasteiger partial charge is 0.497 e. The molecule has 0 spiro atoms. The van der Waals surface area contributed by atoms with Crippen LogP contribution in [-0.2, 0) is 4.79 Å². The van der Waals surface area contributed by atoms with Crippen LogP contribution in [0.1, 0.15) is 25.7 Å². The van der Waals surface area contributed by atoms with Gasteiger partial charge in [0.05, 0.1) is 18.6 Å². The quantitative estimate of drug-likeness (QED) is 0.724. The molecule has 0 atom stereocenters. The molecule has 0 N–H and O–H groups in total. The van der Waals surface area contributed by atoms with Crippen molar-refractivity contribution in [1.29, 1.82) is 0 Å². The second-order valence-corrected chi connectivity index (χ2v) is 8.86. The van der Waals surface area contributed by atoms with Crippen LogP contribution in [0, 0.1) is 0 Å². The number of aromatic nitrogens is 2. The third kappa shape index (κ3) is 5.01. The Balaban J connectivity index is 1.32. The van der Waals surface area contributed by atoms with E-state index in [1.165, 1.54) is 25.7 Å². The number of rotatable bonds is 6. The van der Waals surface area contributed by atoms with Crippen molar-refractivity contribution in [2.45, 2.75) is 30.9 Å². The van der Waals surface area contributed by atoms with Gasteiger partial charge in [0.25, 0.3) is 0 Å². The van der Waals surface area contributed by atoms with Gasteiger partial charge in [0, 0.05) is 43.1 Å². The molecule has 2 aliphatic rings. The van der Waals surface area contributed by atoms with Gasteiger partial charge in [-0.25, -0.2) is 9.97 Å². The highest BCUT2D eigenvalue weighted by atomic mass is 32.2. The third-order valence-corrected chi connectivity index (χ3v) is 7.10. The van der Waals surface area contributed by atoms with Gasteiger partial charge < -0.3 is 14.5 Å². The van der Waals surface area contributed by atoms with Gasteiger partial charge in [-0.15, -0.1) is 11.8 Å². The van der Waals surface area contributed by atoms with Crippen LogP contribution in [0.25, 0.3) is 11.3 Å². The summed E-state index contributed by atoms with van der Waals surface area (Å²) in [5.41, 5.74) is 1.93. The van der Waals surface area contributed by atoms with E-state index in [1.807, 2.05) is 47.0 Å². The first-order chi connectivity index (χ1) is 14.2. The zero-order valence-electron chi connectivity index (χ0n) is 16.9. The predicted molar refractivity (Wildman–Crippen MR) is 118 cm³/mol. The molecule has 0 bridgehead atoms. The Bertz CT molecular complexity index is 816. The van der Waals surface area contributed by atoms with Crippen molar-refractivity contribution >= 4 is 23.5 Å². The molecule has 2 fully saturated rings. The molecule has 1 saturated heterocycles. The van der Waals surface area contributed by atoms with Gasteiger partial charge in [-0.3, -0.25) is 4.79 Å². The number of thioether (sulfide) groups is 1. The minimum Gasteiger partial charge on any atom is -0.497 e. The molecule has 1 amide bonds. The summed E-state index contributed by atoms with van der Waals surface area (Å²) in [7, 11) is 1.66. The molecule has 1 aromatic heterocycles. The first kappa shape index (κ1) is 20.0. The molecule has 0 unspecified atom stereocenters. The summed E-state index contributed by atoms with van der Waals surface area (Å²) >= 11 is 1.85. The van der Waals surface area contributed by atoms with Crippen molar-refractivity contribution in [1.82, 2.24) is 14.9 Å². The fourth-order valence-corrected chi connectivity index (χ4v) is 5.19. The normalized spacial score (nSPS) is 17.6. The van der Waals surface area contributed by atoms with Gasteiger partial charge in [0.2, 0.25) is 5.91 Å². The van der Waals surface area contributed by atoms with Crippen molar-refractivity contribution < 1.29 is 9.53 Å². The van der Waals surface area contributed by atoms with Gasteiger partial charge in [-0.05, 0) is 37.1 Å². The summed E-state index contributed by atoms with van der Waals surface area (Å²) in [6.07, 6.45) is 6.81. The number of amides is 1. The molecular weight excluding hydrogens is 384 g/mol. The van der Waals surface area contributed by atoms with Gasteiger partial charge in [-0.2, -0.15) is 0 Å². The molecule has 154 valence electrons. The first-order valence-electron chi connectivity index (χ1n) is 10.3. The molecule has 4 rings (SSSR count). The van der Waals surface area contributed by atoms with Crippen molar-refractivity contribution in [3.8, 4) is 17.0 Å². The first-order valence-corrected chi connectivity index (χ1v) is 11.4. The lowest BCUT2D eigenvalue weighted by atomic mass is 10.1. The minimum absolute atomic E-state index is 0.281.